The molecule has 0 spiro atoms. The van der Waals surface area contributed by atoms with Crippen LogP contribution >= 0.6 is 11.7 Å². The van der Waals surface area contributed by atoms with E-state index >= 15 is 0 Å². The lowest BCUT2D eigenvalue weighted by molar-refractivity contribution is -0.0519. The van der Waals surface area contributed by atoms with Crippen molar-refractivity contribution in [1.82, 2.24) is 18.5 Å². The van der Waals surface area contributed by atoms with Crippen molar-refractivity contribution in [2.75, 3.05) is 32.7 Å². The summed E-state index contributed by atoms with van der Waals surface area (Å²) >= 11 is 1.27. The highest BCUT2D eigenvalue weighted by atomic mass is 32.1. The highest BCUT2D eigenvalue weighted by molar-refractivity contribution is 7.00. The summed E-state index contributed by atoms with van der Waals surface area (Å²) in [6.07, 6.45) is 4.56. The third-order valence-corrected chi connectivity index (χ3v) is 5.63. The summed E-state index contributed by atoms with van der Waals surface area (Å²) in [5.74, 6) is 0. The van der Waals surface area contributed by atoms with Gasteiger partial charge in [-0.1, -0.05) is 6.07 Å². The Labute approximate surface area is 141 Å². The summed E-state index contributed by atoms with van der Waals surface area (Å²) in [5.41, 5.74) is 2.67. The zero-order valence-corrected chi connectivity index (χ0v) is 14.3. The molecule has 2 fully saturated rings. The summed E-state index contributed by atoms with van der Waals surface area (Å²) in [5, 5.41) is 11.0. The second kappa shape index (κ2) is 6.43. The van der Waals surface area contributed by atoms with E-state index in [4.69, 9.17) is 0 Å². The van der Waals surface area contributed by atoms with E-state index in [1.807, 2.05) is 0 Å². The van der Waals surface area contributed by atoms with Crippen LogP contribution in [0.4, 0.5) is 0 Å². The van der Waals surface area contributed by atoms with Gasteiger partial charge in [0.15, 0.2) is 0 Å². The first-order chi connectivity index (χ1) is 11.2. The van der Waals surface area contributed by atoms with Gasteiger partial charge in [-0.25, -0.2) is 0 Å². The highest BCUT2D eigenvalue weighted by Crippen LogP contribution is 2.25. The average Bonchev–Trinajstić information content (AvgIpc) is 3.17. The van der Waals surface area contributed by atoms with E-state index in [2.05, 4.69) is 36.7 Å². The fourth-order valence-corrected chi connectivity index (χ4v) is 4.53. The van der Waals surface area contributed by atoms with Crippen molar-refractivity contribution in [3.63, 3.8) is 0 Å². The van der Waals surface area contributed by atoms with E-state index in [0.29, 0.717) is 0 Å². The van der Waals surface area contributed by atoms with Crippen LogP contribution < -0.4 is 0 Å². The van der Waals surface area contributed by atoms with E-state index in [1.165, 1.54) is 30.1 Å². The quantitative estimate of drug-likeness (QED) is 0.929. The van der Waals surface area contributed by atoms with Gasteiger partial charge >= 0.3 is 0 Å². The Hall–Kier alpha value is -1.08. The van der Waals surface area contributed by atoms with Gasteiger partial charge in [-0.15, -0.1) is 0 Å². The van der Waals surface area contributed by atoms with E-state index < -0.39 is 5.60 Å². The fourth-order valence-electron chi connectivity index (χ4n) is 4.01. The van der Waals surface area contributed by atoms with E-state index in [9.17, 15) is 5.11 Å². The van der Waals surface area contributed by atoms with E-state index in [-0.39, 0.29) is 0 Å². The monoisotopic (exact) mass is 332 g/mol. The Balaban J connectivity index is 1.41. The molecule has 1 atom stereocenters. The van der Waals surface area contributed by atoms with Gasteiger partial charge in [0.25, 0.3) is 0 Å². The third kappa shape index (κ3) is 3.55. The number of aromatic nitrogens is 2. The molecule has 1 unspecified atom stereocenters. The van der Waals surface area contributed by atoms with Crippen LogP contribution in [-0.4, -0.2) is 62.0 Å². The van der Waals surface area contributed by atoms with Crippen LogP contribution in [0.5, 0.6) is 0 Å². The Bertz CT molecular complexity index is 669. The van der Waals surface area contributed by atoms with Gasteiger partial charge in [-0.3, -0.25) is 4.90 Å². The molecule has 124 valence electrons. The van der Waals surface area contributed by atoms with E-state index in [0.717, 1.165) is 63.1 Å². The zero-order valence-electron chi connectivity index (χ0n) is 13.4. The predicted molar refractivity (Wildman–Crippen MR) is 92.5 cm³/mol. The summed E-state index contributed by atoms with van der Waals surface area (Å²) in [6, 6.07) is 6.32. The number of β-amino-alcohol motifs (C(OH)–C–C–N with tert-alkyl or cyclic N) is 1. The molecule has 1 aromatic heterocycles. The highest BCUT2D eigenvalue weighted by Gasteiger charge is 2.35. The Morgan fingerprint density at radius 1 is 1.04 bits per heavy atom. The molecule has 1 N–H and O–H groups in total. The maximum atomic E-state index is 11.0. The van der Waals surface area contributed by atoms with Crippen molar-refractivity contribution in [2.45, 2.75) is 37.8 Å². The number of likely N-dealkylation sites (tertiary alicyclic amines) is 2. The molecule has 0 saturated carbocycles. The maximum Gasteiger partial charge on any atom is 0.105 e. The lowest BCUT2D eigenvalue weighted by Crippen LogP contribution is -2.53. The average molecular weight is 332 g/mol. The molecule has 2 aromatic rings. The molecule has 2 saturated heterocycles. The molecule has 4 rings (SSSR count). The Morgan fingerprint density at radius 2 is 1.83 bits per heavy atom. The summed E-state index contributed by atoms with van der Waals surface area (Å²) in [7, 11) is 0. The first kappa shape index (κ1) is 15.4. The van der Waals surface area contributed by atoms with Gasteiger partial charge in [0.2, 0.25) is 0 Å². The molecule has 1 aromatic carbocycles. The van der Waals surface area contributed by atoms with Crippen molar-refractivity contribution >= 4 is 22.8 Å². The first-order valence-corrected chi connectivity index (χ1v) is 9.32. The van der Waals surface area contributed by atoms with E-state index in [1.54, 1.807) is 0 Å². The van der Waals surface area contributed by atoms with Crippen molar-refractivity contribution in [2.24, 2.45) is 0 Å². The number of hydrogen-bond acceptors (Lipinski definition) is 6. The summed E-state index contributed by atoms with van der Waals surface area (Å²) < 4.78 is 8.58. The molecule has 2 aliphatic rings. The van der Waals surface area contributed by atoms with Crippen molar-refractivity contribution in [1.29, 1.82) is 0 Å². The topological polar surface area (TPSA) is 52.5 Å². The number of hydrogen-bond donors (Lipinski definition) is 1. The number of piperidine rings is 1. The minimum Gasteiger partial charge on any atom is -0.387 e. The lowest BCUT2D eigenvalue weighted by atomic mass is 9.92. The van der Waals surface area contributed by atoms with Crippen LogP contribution in [0.25, 0.3) is 11.0 Å². The Kier molecular flexibility index (Phi) is 4.32. The zero-order chi connectivity index (χ0) is 15.7. The van der Waals surface area contributed by atoms with Crippen LogP contribution in [0.15, 0.2) is 18.2 Å². The van der Waals surface area contributed by atoms with Gasteiger partial charge in [0.05, 0.1) is 17.3 Å². The predicted octanol–water partition coefficient (Wildman–Crippen LogP) is 2.11. The molecular formula is C17H24N4OS. The van der Waals surface area contributed by atoms with Gasteiger partial charge in [-0.2, -0.15) is 8.75 Å². The minimum absolute atomic E-state index is 0.547. The maximum absolute atomic E-state index is 11.0. The molecular weight excluding hydrogens is 308 g/mol. The number of nitrogens with zero attached hydrogens (tertiary/aromatic N) is 4. The number of fused-ring (bicyclic) bond motifs is 1. The smallest absolute Gasteiger partial charge is 0.105 e. The fraction of sp³-hybridized carbons (Fsp3) is 0.647. The molecule has 0 radical (unpaired) electrons. The number of rotatable bonds is 4. The molecule has 0 aliphatic carbocycles. The molecule has 0 bridgehead atoms. The standard InChI is InChI=1S/C17H24N4OS/c22-17(12-20-7-1-2-8-20)6-3-9-21(13-17)11-14-4-5-15-16(10-14)19-23-18-15/h4-5,10,22H,1-3,6-9,11-13H2. The van der Waals surface area contributed by atoms with Crippen molar-refractivity contribution in [3.8, 4) is 0 Å². The van der Waals surface area contributed by atoms with Crippen molar-refractivity contribution < 1.29 is 5.11 Å². The number of aliphatic hydroxyl groups is 1. The largest absolute Gasteiger partial charge is 0.387 e. The molecule has 0 amide bonds. The van der Waals surface area contributed by atoms with Crippen LogP contribution in [0.3, 0.4) is 0 Å². The minimum atomic E-state index is -0.547. The van der Waals surface area contributed by atoms with Gasteiger partial charge in [0, 0.05) is 19.6 Å². The van der Waals surface area contributed by atoms with Crippen molar-refractivity contribution in [3.05, 3.63) is 23.8 Å². The number of benzene rings is 1. The summed E-state index contributed by atoms with van der Waals surface area (Å²) in [6.45, 7) is 5.85. The second-order valence-electron chi connectivity index (χ2n) is 7.11. The summed E-state index contributed by atoms with van der Waals surface area (Å²) in [4.78, 5) is 4.82. The molecule has 3 heterocycles. The van der Waals surface area contributed by atoms with Gasteiger partial charge in [-0.05, 0) is 63.0 Å². The van der Waals surface area contributed by atoms with Crippen LogP contribution in [-0.2, 0) is 6.54 Å². The van der Waals surface area contributed by atoms with Crippen LogP contribution in [0.1, 0.15) is 31.2 Å². The van der Waals surface area contributed by atoms with Crippen LogP contribution in [0, 0.1) is 0 Å². The lowest BCUT2D eigenvalue weighted by Gasteiger charge is -2.41. The van der Waals surface area contributed by atoms with Crippen LogP contribution in [0.2, 0.25) is 0 Å². The molecule has 2 aliphatic heterocycles. The third-order valence-electron chi connectivity index (χ3n) is 5.08. The molecule has 5 nitrogen and oxygen atoms in total. The van der Waals surface area contributed by atoms with Gasteiger partial charge < -0.3 is 10.0 Å². The van der Waals surface area contributed by atoms with Gasteiger partial charge in [0.1, 0.15) is 11.0 Å². The Morgan fingerprint density at radius 3 is 2.70 bits per heavy atom. The second-order valence-corrected chi connectivity index (χ2v) is 7.64. The molecule has 6 heteroatoms. The normalized spacial score (nSPS) is 27.0. The SMILES string of the molecule is OC1(CN2CCCC2)CCCN(Cc2ccc3nsnc3c2)C1. The molecule has 23 heavy (non-hydrogen) atoms. The first-order valence-electron chi connectivity index (χ1n) is 8.59.